The average Bonchev–Trinajstić information content (AvgIpc) is 3.34. The maximum Gasteiger partial charge on any atom is 0.352 e. The third-order valence-electron chi connectivity index (χ3n) is 4.99. The number of hydrogen-bond acceptors (Lipinski definition) is 6. The molecule has 0 aliphatic heterocycles. The second-order valence-electron chi connectivity index (χ2n) is 7.28. The van der Waals surface area contributed by atoms with Gasteiger partial charge in [0.1, 0.15) is 11.4 Å². The standard InChI is InChI=1S/C26H24N2O4/c1-3-30-26(29)24(19-8-5-4-6-9-19)32-25-23(27)20(22-10-7-15-31-22)16-21(28-25)18-13-11-17(2)12-14-18/h4-16,24H,3,27H2,1-2H3. The van der Waals surface area contributed by atoms with Gasteiger partial charge in [0.25, 0.3) is 0 Å². The van der Waals surface area contributed by atoms with Crippen LogP contribution in [-0.4, -0.2) is 17.6 Å². The Kier molecular flexibility index (Phi) is 6.22. The molecular weight excluding hydrogens is 404 g/mol. The van der Waals surface area contributed by atoms with Crippen molar-refractivity contribution in [1.29, 1.82) is 0 Å². The molecule has 4 aromatic rings. The summed E-state index contributed by atoms with van der Waals surface area (Å²) in [7, 11) is 0. The summed E-state index contributed by atoms with van der Waals surface area (Å²) in [5.74, 6) is 0.201. The SMILES string of the molecule is CCOC(=O)C(Oc1nc(-c2ccc(C)cc2)cc(-c2ccco2)c1N)c1ccccc1. The van der Waals surface area contributed by atoms with Crippen molar-refractivity contribution >= 4 is 11.7 Å². The first kappa shape index (κ1) is 21.2. The molecular formula is C26H24N2O4. The molecule has 2 N–H and O–H groups in total. The Balaban J connectivity index is 1.82. The molecule has 2 aromatic carbocycles. The van der Waals surface area contributed by atoms with Crippen LogP contribution in [0.25, 0.3) is 22.6 Å². The number of aromatic nitrogens is 1. The van der Waals surface area contributed by atoms with Gasteiger partial charge >= 0.3 is 5.97 Å². The molecule has 0 radical (unpaired) electrons. The molecule has 2 heterocycles. The maximum atomic E-state index is 12.7. The first-order valence-corrected chi connectivity index (χ1v) is 10.4. The molecule has 162 valence electrons. The average molecular weight is 428 g/mol. The predicted octanol–water partition coefficient (Wildman–Crippen LogP) is 5.58. The van der Waals surface area contributed by atoms with Crippen LogP contribution in [0, 0.1) is 6.92 Å². The number of aryl methyl sites for hydroxylation is 1. The van der Waals surface area contributed by atoms with Crippen molar-refractivity contribution in [3.05, 3.63) is 90.2 Å². The van der Waals surface area contributed by atoms with Crippen molar-refractivity contribution in [2.45, 2.75) is 20.0 Å². The van der Waals surface area contributed by atoms with Gasteiger partial charge in [0.2, 0.25) is 12.0 Å². The minimum atomic E-state index is -1.01. The number of nitrogens with zero attached hydrogens (tertiary/aromatic N) is 1. The zero-order valence-electron chi connectivity index (χ0n) is 17.9. The number of nitrogens with two attached hydrogens (primary N) is 1. The van der Waals surface area contributed by atoms with Gasteiger partial charge in [0, 0.05) is 16.7 Å². The number of rotatable bonds is 7. The maximum absolute atomic E-state index is 12.7. The molecule has 0 aliphatic carbocycles. The predicted molar refractivity (Wildman–Crippen MR) is 123 cm³/mol. The van der Waals surface area contributed by atoms with E-state index in [0.29, 0.717) is 22.6 Å². The van der Waals surface area contributed by atoms with Crippen LogP contribution in [0.5, 0.6) is 5.88 Å². The zero-order valence-corrected chi connectivity index (χ0v) is 17.9. The molecule has 0 saturated heterocycles. The van der Waals surface area contributed by atoms with Crippen molar-refractivity contribution in [1.82, 2.24) is 4.98 Å². The lowest BCUT2D eigenvalue weighted by atomic mass is 10.0. The topological polar surface area (TPSA) is 87.6 Å². The minimum absolute atomic E-state index is 0.136. The summed E-state index contributed by atoms with van der Waals surface area (Å²) in [4.78, 5) is 17.4. The Bertz CT molecular complexity index is 1190. The summed E-state index contributed by atoms with van der Waals surface area (Å²) in [5, 5.41) is 0. The molecule has 0 aliphatic rings. The molecule has 1 unspecified atom stereocenters. The fourth-order valence-corrected chi connectivity index (χ4v) is 3.34. The molecule has 1 atom stereocenters. The van der Waals surface area contributed by atoms with Crippen molar-refractivity contribution < 1.29 is 18.7 Å². The monoisotopic (exact) mass is 428 g/mol. The molecule has 0 bridgehead atoms. The molecule has 0 spiro atoms. The van der Waals surface area contributed by atoms with Gasteiger partial charge in [-0.05, 0) is 32.0 Å². The summed E-state index contributed by atoms with van der Waals surface area (Å²) < 4.78 is 17.0. The van der Waals surface area contributed by atoms with Crippen molar-refractivity contribution in [2.75, 3.05) is 12.3 Å². The molecule has 0 amide bonds. The number of esters is 1. The van der Waals surface area contributed by atoms with Gasteiger partial charge in [-0.25, -0.2) is 9.78 Å². The highest BCUT2D eigenvalue weighted by atomic mass is 16.6. The molecule has 0 fully saturated rings. The highest BCUT2D eigenvalue weighted by Gasteiger charge is 2.27. The van der Waals surface area contributed by atoms with E-state index in [0.717, 1.165) is 11.1 Å². The van der Waals surface area contributed by atoms with E-state index in [1.54, 1.807) is 31.4 Å². The fourth-order valence-electron chi connectivity index (χ4n) is 3.34. The van der Waals surface area contributed by atoms with E-state index in [4.69, 9.17) is 19.6 Å². The second kappa shape index (κ2) is 9.39. The Labute approximate surface area is 186 Å². The van der Waals surface area contributed by atoms with Gasteiger partial charge in [0.05, 0.1) is 18.6 Å². The third kappa shape index (κ3) is 4.49. The highest BCUT2D eigenvalue weighted by Crippen LogP contribution is 2.38. The number of pyridine rings is 1. The normalized spacial score (nSPS) is 11.7. The number of hydrogen-bond donors (Lipinski definition) is 1. The quantitative estimate of drug-likeness (QED) is 0.387. The lowest BCUT2D eigenvalue weighted by molar-refractivity contribution is -0.151. The third-order valence-corrected chi connectivity index (χ3v) is 4.99. The van der Waals surface area contributed by atoms with Gasteiger partial charge in [-0.1, -0.05) is 60.2 Å². The van der Waals surface area contributed by atoms with E-state index in [1.807, 2.05) is 61.5 Å². The Morgan fingerprint density at radius 2 is 1.81 bits per heavy atom. The molecule has 4 rings (SSSR count). The van der Waals surface area contributed by atoms with Crippen LogP contribution >= 0.6 is 0 Å². The summed E-state index contributed by atoms with van der Waals surface area (Å²) in [6.07, 6.45) is 0.566. The molecule has 6 heteroatoms. The van der Waals surface area contributed by atoms with E-state index < -0.39 is 12.1 Å². The van der Waals surface area contributed by atoms with Gasteiger partial charge in [-0.2, -0.15) is 0 Å². The second-order valence-corrected chi connectivity index (χ2v) is 7.28. The van der Waals surface area contributed by atoms with Gasteiger partial charge in [0.15, 0.2) is 0 Å². The van der Waals surface area contributed by atoms with Crippen molar-refractivity contribution in [3.63, 3.8) is 0 Å². The summed E-state index contributed by atoms with van der Waals surface area (Å²) in [6, 6.07) is 22.5. The smallest absolute Gasteiger partial charge is 0.352 e. The zero-order chi connectivity index (χ0) is 22.5. The fraction of sp³-hybridized carbons (Fsp3) is 0.154. The van der Waals surface area contributed by atoms with E-state index in [-0.39, 0.29) is 18.2 Å². The number of anilines is 1. The molecule has 32 heavy (non-hydrogen) atoms. The van der Waals surface area contributed by atoms with Crippen LogP contribution in [0.2, 0.25) is 0 Å². The van der Waals surface area contributed by atoms with Crippen LogP contribution in [-0.2, 0) is 9.53 Å². The number of ether oxygens (including phenoxy) is 2. The highest BCUT2D eigenvalue weighted by molar-refractivity contribution is 5.82. The van der Waals surface area contributed by atoms with Crippen molar-refractivity contribution in [2.24, 2.45) is 0 Å². The Morgan fingerprint density at radius 3 is 2.47 bits per heavy atom. The number of furan rings is 1. The summed E-state index contributed by atoms with van der Waals surface area (Å²) in [5.41, 5.74) is 10.7. The largest absolute Gasteiger partial charge is 0.464 e. The molecule has 6 nitrogen and oxygen atoms in total. The van der Waals surface area contributed by atoms with E-state index >= 15 is 0 Å². The van der Waals surface area contributed by atoms with Crippen LogP contribution < -0.4 is 10.5 Å². The molecule has 0 saturated carbocycles. The minimum Gasteiger partial charge on any atom is -0.464 e. The summed E-state index contributed by atoms with van der Waals surface area (Å²) >= 11 is 0. The van der Waals surface area contributed by atoms with Crippen LogP contribution in [0.3, 0.4) is 0 Å². The Morgan fingerprint density at radius 1 is 1.06 bits per heavy atom. The number of carbonyl (C=O) groups is 1. The van der Waals surface area contributed by atoms with E-state index in [9.17, 15) is 4.79 Å². The lowest BCUT2D eigenvalue weighted by Gasteiger charge is -2.20. The number of carbonyl (C=O) groups excluding carboxylic acids is 1. The lowest BCUT2D eigenvalue weighted by Crippen LogP contribution is -2.22. The van der Waals surface area contributed by atoms with Crippen LogP contribution in [0.1, 0.15) is 24.2 Å². The van der Waals surface area contributed by atoms with Gasteiger partial charge in [-0.3, -0.25) is 0 Å². The van der Waals surface area contributed by atoms with Crippen molar-refractivity contribution in [3.8, 4) is 28.5 Å². The van der Waals surface area contributed by atoms with Gasteiger partial charge in [-0.15, -0.1) is 0 Å². The van der Waals surface area contributed by atoms with E-state index in [2.05, 4.69) is 4.98 Å². The van der Waals surface area contributed by atoms with Crippen LogP contribution in [0.4, 0.5) is 5.69 Å². The molecule has 2 aromatic heterocycles. The first-order chi connectivity index (χ1) is 15.6. The number of nitrogen functional groups attached to an aromatic ring is 1. The Hall–Kier alpha value is -4.06. The van der Waals surface area contributed by atoms with E-state index in [1.165, 1.54) is 0 Å². The van der Waals surface area contributed by atoms with Crippen LogP contribution in [0.15, 0.2) is 83.5 Å². The number of benzene rings is 2. The summed E-state index contributed by atoms with van der Waals surface area (Å²) in [6.45, 7) is 4.00. The van der Waals surface area contributed by atoms with Gasteiger partial charge < -0.3 is 19.6 Å². The first-order valence-electron chi connectivity index (χ1n) is 10.4.